The van der Waals surface area contributed by atoms with Gasteiger partial charge in [-0.05, 0) is 44.0 Å². The van der Waals surface area contributed by atoms with Gasteiger partial charge >= 0.3 is 0 Å². The van der Waals surface area contributed by atoms with Gasteiger partial charge < -0.3 is 5.32 Å². The van der Waals surface area contributed by atoms with E-state index in [-0.39, 0.29) is 5.91 Å². The summed E-state index contributed by atoms with van der Waals surface area (Å²) in [6.45, 7) is 6.00. The van der Waals surface area contributed by atoms with E-state index in [4.69, 9.17) is 0 Å². The molecule has 0 aliphatic carbocycles. The Morgan fingerprint density at radius 2 is 1.44 bits per heavy atom. The monoisotopic (exact) mass is 239 g/mol. The molecule has 0 radical (unpaired) electrons. The van der Waals surface area contributed by atoms with Gasteiger partial charge in [0.15, 0.2) is 0 Å². The van der Waals surface area contributed by atoms with Crippen molar-refractivity contribution in [3.8, 4) is 0 Å². The van der Waals surface area contributed by atoms with Crippen LogP contribution in [0.25, 0.3) is 0 Å². The number of hydrogen-bond acceptors (Lipinski definition) is 1. The molecular formula is C16H17NO. The summed E-state index contributed by atoms with van der Waals surface area (Å²) in [4.78, 5) is 12.1. The van der Waals surface area contributed by atoms with Crippen LogP contribution in [0.3, 0.4) is 0 Å². The zero-order chi connectivity index (χ0) is 13.1. The maximum absolute atomic E-state index is 12.1. The van der Waals surface area contributed by atoms with Crippen molar-refractivity contribution in [1.29, 1.82) is 0 Å². The molecule has 18 heavy (non-hydrogen) atoms. The fourth-order valence-corrected chi connectivity index (χ4v) is 1.90. The second-order valence-electron chi connectivity index (χ2n) is 4.59. The molecule has 2 rings (SSSR count). The normalized spacial score (nSPS) is 10.2. The van der Waals surface area contributed by atoms with E-state index in [1.54, 1.807) is 0 Å². The molecule has 0 saturated carbocycles. The van der Waals surface area contributed by atoms with Gasteiger partial charge in [-0.25, -0.2) is 0 Å². The van der Waals surface area contributed by atoms with Crippen LogP contribution in [0, 0.1) is 20.8 Å². The van der Waals surface area contributed by atoms with Crippen LogP contribution in [0.5, 0.6) is 0 Å². The van der Waals surface area contributed by atoms with Crippen molar-refractivity contribution in [2.45, 2.75) is 20.8 Å². The molecule has 92 valence electrons. The fourth-order valence-electron chi connectivity index (χ4n) is 1.90. The maximum Gasteiger partial charge on any atom is 0.255 e. The van der Waals surface area contributed by atoms with E-state index in [1.165, 1.54) is 0 Å². The summed E-state index contributed by atoms with van der Waals surface area (Å²) in [5, 5.41) is 2.98. The predicted octanol–water partition coefficient (Wildman–Crippen LogP) is 3.86. The first-order valence-corrected chi connectivity index (χ1v) is 6.02. The molecule has 0 heterocycles. The molecule has 0 unspecified atom stereocenters. The number of hydrogen-bond donors (Lipinski definition) is 1. The SMILES string of the molecule is Cc1ccc(C(=O)Nc2c(C)cccc2C)cc1. The minimum Gasteiger partial charge on any atom is -0.322 e. The third-order valence-corrected chi connectivity index (χ3v) is 3.03. The van der Waals surface area contributed by atoms with Crippen LogP contribution in [-0.2, 0) is 0 Å². The molecule has 0 aliphatic rings. The Labute approximate surface area is 108 Å². The Kier molecular flexibility index (Phi) is 3.47. The second-order valence-corrected chi connectivity index (χ2v) is 4.59. The highest BCUT2D eigenvalue weighted by atomic mass is 16.1. The van der Waals surface area contributed by atoms with Crippen molar-refractivity contribution in [3.05, 3.63) is 64.7 Å². The van der Waals surface area contributed by atoms with Crippen LogP contribution >= 0.6 is 0 Å². The molecule has 0 aromatic heterocycles. The lowest BCUT2D eigenvalue weighted by Gasteiger charge is -2.11. The highest BCUT2D eigenvalue weighted by Gasteiger charge is 2.08. The predicted molar refractivity (Wildman–Crippen MR) is 75.0 cm³/mol. The standard InChI is InChI=1S/C16H17NO/c1-11-7-9-14(10-8-11)16(18)17-15-12(2)5-4-6-13(15)3/h4-10H,1-3H3,(H,17,18). The Hall–Kier alpha value is -2.09. The summed E-state index contributed by atoms with van der Waals surface area (Å²) in [7, 11) is 0. The van der Waals surface area contributed by atoms with Gasteiger partial charge in [0, 0.05) is 11.3 Å². The highest BCUT2D eigenvalue weighted by molar-refractivity contribution is 6.05. The minimum atomic E-state index is -0.0626. The third kappa shape index (κ3) is 2.59. The average Bonchev–Trinajstić information content (AvgIpc) is 2.34. The van der Waals surface area contributed by atoms with Crippen molar-refractivity contribution in [2.24, 2.45) is 0 Å². The minimum absolute atomic E-state index is 0.0626. The summed E-state index contributed by atoms with van der Waals surface area (Å²) in [5.74, 6) is -0.0626. The first kappa shape index (κ1) is 12.4. The number of aryl methyl sites for hydroxylation is 3. The molecule has 0 aliphatic heterocycles. The fraction of sp³-hybridized carbons (Fsp3) is 0.188. The molecule has 0 saturated heterocycles. The zero-order valence-corrected chi connectivity index (χ0v) is 10.9. The molecule has 0 spiro atoms. The number of carbonyl (C=O) groups is 1. The number of nitrogens with one attached hydrogen (secondary N) is 1. The number of benzene rings is 2. The highest BCUT2D eigenvalue weighted by Crippen LogP contribution is 2.20. The summed E-state index contributed by atoms with van der Waals surface area (Å²) in [5.41, 5.74) is 4.90. The molecule has 2 aromatic carbocycles. The Balaban J connectivity index is 2.24. The molecule has 1 amide bonds. The summed E-state index contributed by atoms with van der Waals surface area (Å²) < 4.78 is 0. The van der Waals surface area contributed by atoms with Crippen LogP contribution in [0.15, 0.2) is 42.5 Å². The Morgan fingerprint density at radius 1 is 0.889 bits per heavy atom. The molecule has 0 bridgehead atoms. The quantitative estimate of drug-likeness (QED) is 0.847. The van der Waals surface area contributed by atoms with E-state index < -0.39 is 0 Å². The number of amides is 1. The first-order chi connectivity index (χ1) is 8.58. The lowest BCUT2D eigenvalue weighted by molar-refractivity contribution is 0.102. The van der Waals surface area contributed by atoms with Crippen LogP contribution in [0.4, 0.5) is 5.69 Å². The second kappa shape index (κ2) is 5.05. The lowest BCUT2D eigenvalue weighted by atomic mass is 10.1. The smallest absolute Gasteiger partial charge is 0.255 e. The van der Waals surface area contributed by atoms with Gasteiger partial charge in [0.05, 0.1) is 0 Å². The first-order valence-electron chi connectivity index (χ1n) is 6.02. The van der Waals surface area contributed by atoms with E-state index in [9.17, 15) is 4.79 Å². The Morgan fingerprint density at radius 3 is 2.00 bits per heavy atom. The zero-order valence-electron chi connectivity index (χ0n) is 10.9. The van der Waals surface area contributed by atoms with Crippen molar-refractivity contribution in [2.75, 3.05) is 5.32 Å². The number of para-hydroxylation sites is 1. The number of carbonyl (C=O) groups excluding carboxylic acids is 1. The molecule has 2 heteroatoms. The summed E-state index contributed by atoms with van der Waals surface area (Å²) >= 11 is 0. The number of anilines is 1. The maximum atomic E-state index is 12.1. The van der Waals surface area contributed by atoms with Crippen molar-refractivity contribution in [1.82, 2.24) is 0 Å². The molecule has 2 nitrogen and oxygen atoms in total. The molecule has 0 atom stereocenters. The van der Waals surface area contributed by atoms with E-state index in [2.05, 4.69) is 5.32 Å². The van der Waals surface area contributed by atoms with Gasteiger partial charge in [-0.15, -0.1) is 0 Å². The summed E-state index contributed by atoms with van der Waals surface area (Å²) in [6.07, 6.45) is 0. The van der Waals surface area contributed by atoms with Gasteiger partial charge in [-0.2, -0.15) is 0 Å². The van der Waals surface area contributed by atoms with Crippen LogP contribution in [0.1, 0.15) is 27.0 Å². The topological polar surface area (TPSA) is 29.1 Å². The van der Waals surface area contributed by atoms with Crippen molar-refractivity contribution >= 4 is 11.6 Å². The lowest BCUT2D eigenvalue weighted by Crippen LogP contribution is -2.13. The van der Waals surface area contributed by atoms with E-state index in [0.717, 1.165) is 22.4 Å². The Bertz CT molecular complexity index is 550. The molecular weight excluding hydrogens is 222 g/mol. The van der Waals surface area contributed by atoms with Gasteiger partial charge in [0.25, 0.3) is 5.91 Å². The van der Waals surface area contributed by atoms with E-state index in [1.807, 2.05) is 63.2 Å². The van der Waals surface area contributed by atoms with Gasteiger partial charge in [0.1, 0.15) is 0 Å². The van der Waals surface area contributed by atoms with Gasteiger partial charge in [-0.1, -0.05) is 35.9 Å². The molecule has 0 fully saturated rings. The average molecular weight is 239 g/mol. The van der Waals surface area contributed by atoms with Crippen LogP contribution in [-0.4, -0.2) is 5.91 Å². The van der Waals surface area contributed by atoms with Crippen LogP contribution < -0.4 is 5.32 Å². The summed E-state index contributed by atoms with van der Waals surface area (Å²) in [6, 6.07) is 13.6. The van der Waals surface area contributed by atoms with Crippen LogP contribution in [0.2, 0.25) is 0 Å². The van der Waals surface area contributed by atoms with Crippen molar-refractivity contribution < 1.29 is 4.79 Å². The van der Waals surface area contributed by atoms with E-state index in [0.29, 0.717) is 5.56 Å². The van der Waals surface area contributed by atoms with Gasteiger partial charge in [0.2, 0.25) is 0 Å². The van der Waals surface area contributed by atoms with Crippen molar-refractivity contribution in [3.63, 3.8) is 0 Å². The van der Waals surface area contributed by atoms with E-state index >= 15 is 0 Å². The largest absolute Gasteiger partial charge is 0.322 e. The third-order valence-electron chi connectivity index (χ3n) is 3.03. The number of rotatable bonds is 2. The van der Waals surface area contributed by atoms with Gasteiger partial charge in [-0.3, -0.25) is 4.79 Å². The molecule has 2 aromatic rings. The molecule has 1 N–H and O–H groups in total.